The maximum atomic E-state index is 5.72. The number of hydrogen-bond donors (Lipinski definition) is 1. The van der Waals surface area contributed by atoms with E-state index in [4.69, 9.17) is 5.73 Å². The van der Waals surface area contributed by atoms with Crippen LogP contribution >= 0.6 is 0 Å². The zero-order chi connectivity index (χ0) is 5.98. The molecule has 0 aromatic heterocycles. The Balaban J connectivity index is 2.28. The first-order valence-corrected chi connectivity index (χ1v) is 3.39. The third kappa shape index (κ3) is 1.22. The van der Waals surface area contributed by atoms with Crippen LogP contribution in [-0.4, -0.2) is 6.04 Å². The van der Waals surface area contributed by atoms with Gasteiger partial charge in [-0.2, -0.15) is 0 Å². The number of nitrogens with two attached hydrogens (primary N) is 1. The highest BCUT2D eigenvalue weighted by Crippen LogP contribution is 2.21. The van der Waals surface area contributed by atoms with Crippen LogP contribution in [0.5, 0.6) is 0 Å². The second-order valence-electron chi connectivity index (χ2n) is 2.71. The van der Waals surface area contributed by atoms with E-state index in [1.54, 1.807) is 0 Å². The van der Waals surface area contributed by atoms with Crippen LogP contribution < -0.4 is 5.73 Å². The molecule has 0 aliphatic heterocycles. The van der Waals surface area contributed by atoms with Crippen LogP contribution in [0.15, 0.2) is 0 Å². The van der Waals surface area contributed by atoms with Crippen molar-refractivity contribution >= 4 is 0 Å². The summed E-state index contributed by atoms with van der Waals surface area (Å²) < 4.78 is 0. The van der Waals surface area contributed by atoms with Crippen molar-refractivity contribution in [2.45, 2.75) is 31.7 Å². The maximum absolute atomic E-state index is 5.72. The molecule has 2 atom stereocenters. The zero-order valence-corrected chi connectivity index (χ0v) is 5.27. The van der Waals surface area contributed by atoms with Crippen LogP contribution in [0.1, 0.15) is 25.7 Å². The minimum Gasteiger partial charge on any atom is -0.327 e. The largest absolute Gasteiger partial charge is 0.327 e. The maximum Gasteiger partial charge on any atom is 0.00671 e. The highest BCUT2D eigenvalue weighted by atomic mass is 14.6. The van der Waals surface area contributed by atoms with Crippen LogP contribution in [0.3, 0.4) is 0 Å². The van der Waals surface area contributed by atoms with Gasteiger partial charge in [-0.1, -0.05) is 12.8 Å². The van der Waals surface area contributed by atoms with Crippen molar-refractivity contribution in [1.82, 2.24) is 0 Å². The molecule has 1 fully saturated rings. The van der Waals surface area contributed by atoms with E-state index in [0.717, 1.165) is 0 Å². The van der Waals surface area contributed by atoms with Gasteiger partial charge in [0, 0.05) is 6.04 Å². The Morgan fingerprint density at radius 3 is 2.25 bits per heavy atom. The van der Waals surface area contributed by atoms with Gasteiger partial charge < -0.3 is 5.73 Å². The molecule has 0 amide bonds. The molecule has 0 saturated heterocycles. The fourth-order valence-electron chi connectivity index (χ4n) is 1.24. The lowest BCUT2D eigenvalue weighted by Gasteiger charge is -2.24. The highest BCUT2D eigenvalue weighted by Gasteiger charge is 2.16. The van der Waals surface area contributed by atoms with E-state index in [9.17, 15) is 0 Å². The van der Waals surface area contributed by atoms with Crippen LogP contribution in [0.25, 0.3) is 0 Å². The molecule has 47 valence electrons. The Morgan fingerprint density at radius 2 is 1.88 bits per heavy atom. The zero-order valence-electron chi connectivity index (χ0n) is 5.27. The van der Waals surface area contributed by atoms with Gasteiger partial charge in [0.1, 0.15) is 0 Å². The third-order valence-corrected chi connectivity index (χ3v) is 1.97. The molecule has 0 heterocycles. The van der Waals surface area contributed by atoms with Crippen molar-refractivity contribution in [3.8, 4) is 0 Å². The fourth-order valence-corrected chi connectivity index (χ4v) is 1.24. The predicted molar refractivity (Wildman–Crippen MR) is 35.3 cm³/mol. The Bertz CT molecular complexity index is 60.8. The van der Waals surface area contributed by atoms with Crippen LogP contribution in [-0.2, 0) is 0 Å². The number of hydrogen-bond acceptors (Lipinski definition) is 1. The average molecular weight is 112 g/mol. The summed E-state index contributed by atoms with van der Waals surface area (Å²) in [7, 11) is 0. The highest BCUT2D eigenvalue weighted by molar-refractivity contribution is 4.78. The molecule has 1 aliphatic rings. The second-order valence-corrected chi connectivity index (χ2v) is 2.71. The summed E-state index contributed by atoms with van der Waals surface area (Å²) in [5, 5.41) is 0. The van der Waals surface area contributed by atoms with Crippen molar-refractivity contribution in [2.24, 2.45) is 11.7 Å². The molecule has 2 N–H and O–H groups in total. The predicted octanol–water partition coefficient (Wildman–Crippen LogP) is 1.34. The molecule has 1 heteroatoms. The molecule has 1 radical (unpaired) electrons. The average Bonchev–Trinajstić information content (AvgIpc) is 1.77. The first-order chi connectivity index (χ1) is 3.80. The van der Waals surface area contributed by atoms with Crippen molar-refractivity contribution in [2.75, 3.05) is 0 Å². The first kappa shape index (κ1) is 6.09. The van der Waals surface area contributed by atoms with Gasteiger partial charge in [-0.3, -0.25) is 0 Å². The van der Waals surface area contributed by atoms with Crippen LogP contribution in [0.2, 0.25) is 0 Å². The van der Waals surface area contributed by atoms with Gasteiger partial charge in [-0.25, -0.2) is 0 Å². The molecule has 2 unspecified atom stereocenters. The molecular formula is C7H14N. The Hall–Kier alpha value is -0.0400. The van der Waals surface area contributed by atoms with Crippen LogP contribution in [0, 0.1) is 12.8 Å². The summed E-state index contributed by atoms with van der Waals surface area (Å²) >= 11 is 0. The van der Waals surface area contributed by atoms with E-state index >= 15 is 0 Å². The van der Waals surface area contributed by atoms with Crippen molar-refractivity contribution in [3.63, 3.8) is 0 Å². The standard InChI is InChI=1S/C7H14N/c1-6-4-2-3-5-7(6)8/h6-7H,1-5,8H2. The first-order valence-electron chi connectivity index (χ1n) is 3.39. The van der Waals surface area contributed by atoms with Gasteiger partial charge in [0.25, 0.3) is 0 Å². The SMILES string of the molecule is [CH2]C1CCCCC1N. The third-order valence-electron chi connectivity index (χ3n) is 1.97. The summed E-state index contributed by atoms with van der Waals surface area (Å²) in [5.41, 5.74) is 5.72. The smallest absolute Gasteiger partial charge is 0.00671 e. The molecule has 1 saturated carbocycles. The molecule has 1 aliphatic carbocycles. The van der Waals surface area contributed by atoms with Gasteiger partial charge in [0.15, 0.2) is 0 Å². The van der Waals surface area contributed by atoms with E-state index < -0.39 is 0 Å². The van der Waals surface area contributed by atoms with Gasteiger partial charge in [0.2, 0.25) is 0 Å². The van der Waals surface area contributed by atoms with E-state index in [2.05, 4.69) is 6.92 Å². The molecule has 0 aromatic rings. The lowest BCUT2D eigenvalue weighted by Crippen LogP contribution is -2.30. The van der Waals surface area contributed by atoms with Crippen molar-refractivity contribution < 1.29 is 0 Å². The summed E-state index contributed by atoms with van der Waals surface area (Å²) in [5.74, 6) is 0.531. The lowest BCUT2D eigenvalue weighted by atomic mass is 9.87. The Morgan fingerprint density at radius 1 is 1.25 bits per heavy atom. The molecular weight excluding hydrogens is 98.1 g/mol. The normalized spacial score (nSPS) is 39.8. The molecule has 0 spiro atoms. The molecule has 1 nitrogen and oxygen atoms in total. The molecule has 0 aromatic carbocycles. The Labute approximate surface area is 51.3 Å². The van der Waals surface area contributed by atoms with E-state index in [1.165, 1.54) is 25.7 Å². The lowest BCUT2D eigenvalue weighted by molar-refractivity contribution is 0.359. The van der Waals surface area contributed by atoms with E-state index in [-0.39, 0.29) is 0 Å². The fraction of sp³-hybridized carbons (Fsp3) is 0.857. The van der Waals surface area contributed by atoms with Gasteiger partial charge in [0.05, 0.1) is 0 Å². The van der Waals surface area contributed by atoms with Gasteiger partial charge >= 0.3 is 0 Å². The van der Waals surface area contributed by atoms with Crippen molar-refractivity contribution in [3.05, 3.63) is 6.92 Å². The van der Waals surface area contributed by atoms with Gasteiger partial charge in [-0.15, -0.1) is 0 Å². The molecule has 8 heavy (non-hydrogen) atoms. The summed E-state index contributed by atoms with van der Waals surface area (Å²) in [4.78, 5) is 0. The van der Waals surface area contributed by atoms with E-state index in [1.807, 2.05) is 0 Å². The summed E-state index contributed by atoms with van der Waals surface area (Å²) in [6, 6.07) is 0.392. The summed E-state index contributed by atoms with van der Waals surface area (Å²) in [6.07, 6.45) is 5.07. The van der Waals surface area contributed by atoms with Gasteiger partial charge in [-0.05, 0) is 25.7 Å². The molecule has 1 rings (SSSR count). The number of rotatable bonds is 0. The van der Waals surface area contributed by atoms with Crippen molar-refractivity contribution in [1.29, 1.82) is 0 Å². The second kappa shape index (κ2) is 2.49. The topological polar surface area (TPSA) is 26.0 Å². The minimum atomic E-state index is 0.392. The van der Waals surface area contributed by atoms with E-state index in [0.29, 0.717) is 12.0 Å². The monoisotopic (exact) mass is 112 g/mol. The summed E-state index contributed by atoms with van der Waals surface area (Å²) in [6.45, 7) is 3.95. The van der Waals surface area contributed by atoms with Crippen LogP contribution in [0.4, 0.5) is 0 Å². The Kier molecular flexibility index (Phi) is 1.90. The quantitative estimate of drug-likeness (QED) is 0.502. The minimum absolute atomic E-state index is 0.392. The molecule has 0 bridgehead atoms.